The van der Waals surface area contributed by atoms with Crippen LogP contribution in [-0.2, 0) is 10.8 Å². The van der Waals surface area contributed by atoms with Crippen LogP contribution in [0, 0.1) is 6.92 Å². The summed E-state index contributed by atoms with van der Waals surface area (Å²) >= 11 is 0. The van der Waals surface area contributed by atoms with Crippen LogP contribution < -0.4 is 0 Å². The number of rotatable bonds is 0. The molecule has 0 amide bonds. The van der Waals surface area contributed by atoms with Gasteiger partial charge in [-0.15, -0.1) is 0 Å². The lowest BCUT2D eigenvalue weighted by Gasteiger charge is -2.28. The second-order valence-corrected chi connectivity index (χ2v) is 6.48. The molecule has 0 aromatic heterocycles. The highest BCUT2D eigenvalue weighted by Gasteiger charge is 2.22. The van der Waals surface area contributed by atoms with Crippen molar-refractivity contribution >= 4 is 0 Å². The van der Waals surface area contributed by atoms with E-state index in [1.807, 2.05) is 0 Å². The minimum atomic E-state index is 0. The van der Waals surface area contributed by atoms with Gasteiger partial charge in [0, 0.05) is 0 Å². The Labute approximate surface area is 102 Å². The van der Waals surface area contributed by atoms with Crippen molar-refractivity contribution in [2.75, 3.05) is 0 Å². The Morgan fingerprint density at radius 2 is 1.06 bits per heavy atom. The third-order valence-electron chi connectivity index (χ3n) is 2.95. The van der Waals surface area contributed by atoms with E-state index in [9.17, 15) is 0 Å². The Bertz CT molecular complexity index is 313. The van der Waals surface area contributed by atoms with Crippen LogP contribution in [-0.4, -0.2) is 0 Å². The molecule has 1 aromatic rings. The fraction of sp³-hybridized carbons (Fsp3) is 0.625. The van der Waals surface area contributed by atoms with Crippen molar-refractivity contribution in [1.82, 2.24) is 0 Å². The lowest BCUT2D eigenvalue weighted by Crippen LogP contribution is -2.19. The molecule has 0 aliphatic rings. The maximum atomic E-state index is 2.28. The van der Waals surface area contributed by atoms with Crippen molar-refractivity contribution in [3.05, 3.63) is 34.9 Å². The second-order valence-electron chi connectivity index (χ2n) is 6.48. The summed E-state index contributed by atoms with van der Waals surface area (Å²) in [5, 5.41) is 0. The molecular weight excluding hydrogens is 192 g/mol. The third kappa shape index (κ3) is 3.10. The van der Waals surface area contributed by atoms with Gasteiger partial charge in [0.1, 0.15) is 0 Å². The standard InChI is InChI=1S/C15H24.CH4/c1-11-12(14(2,3)4)9-8-10-13(11)15(5,6)7;/h8-10H,1-7H3;1H4. The molecule has 0 heterocycles. The van der Waals surface area contributed by atoms with E-state index in [0.717, 1.165) is 0 Å². The van der Waals surface area contributed by atoms with Gasteiger partial charge >= 0.3 is 0 Å². The molecule has 0 radical (unpaired) electrons. The number of hydrogen-bond acceptors (Lipinski definition) is 0. The number of benzene rings is 1. The van der Waals surface area contributed by atoms with Gasteiger partial charge in [0.25, 0.3) is 0 Å². The quantitative estimate of drug-likeness (QED) is 0.562. The van der Waals surface area contributed by atoms with Gasteiger partial charge in [-0.1, -0.05) is 67.2 Å². The predicted octanol–water partition coefficient (Wildman–Crippen LogP) is 5.23. The second kappa shape index (κ2) is 4.61. The Morgan fingerprint density at radius 3 is 1.31 bits per heavy atom. The first kappa shape index (κ1) is 15.2. The van der Waals surface area contributed by atoms with Crippen LogP contribution >= 0.6 is 0 Å². The molecule has 16 heavy (non-hydrogen) atoms. The highest BCUT2D eigenvalue weighted by Crippen LogP contribution is 2.32. The SMILES string of the molecule is C.Cc1c(C(C)(C)C)cccc1C(C)(C)C. The molecule has 1 rings (SSSR count). The van der Waals surface area contributed by atoms with Crippen molar-refractivity contribution in [2.45, 2.75) is 66.7 Å². The summed E-state index contributed by atoms with van der Waals surface area (Å²) < 4.78 is 0. The van der Waals surface area contributed by atoms with E-state index in [4.69, 9.17) is 0 Å². The van der Waals surface area contributed by atoms with Crippen molar-refractivity contribution in [1.29, 1.82) is 0 Å². The fourth-order valence-electron chi connectivity index (χ4n) is 2.26. The zero-order valence-corrected chi connectivity index (χ0v) is 11.2. The largest absolute Gasteiger partial charge is 0.0776 e. The highest BCUT2D eigenvalue weighted by atomic mass is 14.3. The van der Waals surface area contributed by atoms with Gasteiger partial charge in [0.2, 0.25) is 0 Å². The molecule has 0 saturated carbocycles. The van der Waals surface area contributed by atoms with E-state index in [1.54, 1.807) is 0 Å². The van der Waals surface area contributed by atoms with Gasteiger partial charge in [0.05, 0.1) is 0 Å². The summed E-state index contributed by atoms with van der Waals surface area (Å²) in [5.74, 6) is 0. The Balaban J connectivity index is 0.00000225. The van der Waals surface area contributed by atoms with Crippen molar-refractivity contribution < 1.29 is 0 Å². The summed E-state index contributed by atoms with van der Waals surface area (Å²) in [6.45, 7) is 15.9. The number of hydrogen-bond donors (Lipinski definition) is 0. The summed E-state index contributed by atoms with van der Waals surface area (Å²) in [7, 11) is 0. The molecular formula is C16H28. The molecule has 0 saturated heterocycles. The molecule has 0 aliphatic heterocycles. The summed E-state index contributed by atoms with van der Waals surface area (Å²) in [4.78, 5) is 0. The molecule has 0 heteroatoms. The van der Waals surface area contributed by atoms with Gasteiger partial charge in [-0.3, -0.25) is 0 Å². The first-order valence-corrected chi connectivity index (χ1v) is 5.74. The molecule has 0 N–H and O–H groups in total. The fourth-order valence-corrected chi connectivity index (χ4v) is 2.26. The molecule has 1 aromatic carbocycles. The predicted molar refractivity (Wildman–Crippen MR) is 75.3 cm³/mol. The monoisotopic (exact) mass is 220 g/mol. The van der Waals surface area contributed by atoms with Gasteiger partial charge in [-0.2, -0.15) is 0 Å². The smallest absolute Gasteiger partial charge is 0.0129 e. The van der Waals surface area contributed by atoms with E-state index in [-0.39, 0.29) is 18.3 Å². The Hall–Kier alpha value is -0.780. The van der Waals surface area contributed by atoms with Crippen LogP contribution in [0.4, 0.5) is 0 Å². The lowest BCUT2D eigenvalue weighted by molar-refractivity contribution is 0.561. The van der Waals surface area contributed by atoms with Crippen LogP contribution in [0.1, 0.15) is 65.7 Å². The highest BCUT2D eigenvalue weighted by molar-refractivity contribution is 5.41. The maximum Gasteiger partial charge on any atom is -0.0129 e. The zero-order chi connectivity index (χ0) is 11.9. The van der Waals surface area contributed by atoms with Crippen LogP contribution in [0.25, 0.3) is 0 Å². The summed E-state index contributed by atoms with van der Waals surface area (Å²) in [6, 6.07) is 6.70. The molecule has 0 aliphatic carbocycles. The normalized spacial score (nSPS) is 12.2. The van der Waals surface area contributed by atoms with Crippen LogP contribution in [0.2, 0.25) is 0 Å². The summed E-state index contributed by atoms with van der Waals surface area (Å²) in [6.07, 6.45) is 0. The van der Waals surface area contributed by atoms with Crippen LogP contribution in [0.15, 0.2) is 18.2 Å². The van der Waals surface area contributed by atoms with E-state index in [2.05, 4.69) is 66.7 Å². The van der Waals surface area contributed by atoms with Gasteiger partial charge in [-0.05, 0) is 34.4 Å². The average molecular weight is 220 g/mol. The van der Waals surface area contributed by atoms with Crippen molar-refractivity contribution in [3.8, 4) is 0 Å². The summed E-state index contributed by atoms with van der Waals surface area (Å²) in [5.41, 5.74) is 4.87. The van der Waals surface area contributed by atoms with Crippen LogP contribution in [0.5, 0.6) is 0 Å². The van der Waals surface area contributed by atoms with E-state index in [1.165, 1.54) is 16.7 Å². The zero-order valence-electron chi connectivity index (χ0n) is 11.2. The van der Waals surface area contributed by atoms with Gasteiger partial charge in [0.15, 0.2) is 0 Å². The molecule has 0 fully saturated rings. The average Bonchev–Trinajstić information content (AvgIpc) is 1.99. The minimum Gasteiger partial charge on any atom is -0.0776 e. The molecule has 0 atom stereocenters. The van der Waals surface area contributed by atoms with Gasteiger partial charge in [-0.25, -0.2) is 0 Å². The molecule has 0 bridgehead atoms. The van der Waals surface area contributed by atoms with Gasteiger partial charge < -0.3 is 0 Å². The first-order chi connectivity index (χ1) is 6.64. The molecule has 92 valence electrons. The van der Waals surface area contributed by atoms with E-state index < -0.39 is 0 Å². The minimum absolute atomic E-state index is 0. The Kier molecular flexibility index (Phi) is 4.38. The van der Waals surface area contributed by atoms with Crippen LogP contribution in [0.3, 0.4) is 0 Å². The van der Waals surface area contributed by atoms with E-state index in [0.29, 0.717) is 0 Å². The molecule has 0 unspecified atom stereocenters. The lowest BCUT2D eigenvalue weighted by atomic mass is 9.77. The first-order valence-electron chi connectivity index (χ1n) is 5.74. The topological polar surface area (TPSA) is 0 Å². The Morgan fingerprint density at radius 1 is 0.750 bits per heavy atom. The third-order valence-corrected chi connectivity index (χ3v) is 2.95. The molecule has 0 nitrogen and oxygen atoms in total. The van der Waals surface area contributed by atoms with Crippen molar-refractivity contribution in [2.24, 2.45) is 0 Å². The van der Waals surface area contributed by atoms with Crippen molar-refractivity contribution in [3.63, 3.8) is 0 Å². The van der Waals surface area contributed by atoms with E-state index >= 15 is 0 Å². The molecule has 0 spiro atoms. The maximum absolute atomic E-state index is 2.28.